The van der Waals surface area contributed by atoms with E-state index in [2.05, 4.69) is 0 Å². The standard InChI is InChI=1S/C9H10Cl2/c10-9(11)7-3-1-2-6(7)4-5-8(6,7)9/h1-5H2. The minimum absolute atomic E-state index is 0.283. The van der Waals surface area contributed by atoms with Crippen molar-refractivity contribution in [2.24, 2.45) is 16.2 Å². The van der Waals surface area contributed by atoms with Gasteiger partial charge in [-0.05, 0) is 31.1 Å². The van der Waals surface area contributed by atoms with Gasteiger partial charge in [0.1, 0.15) is 4.33 Å². The van der Waals surface area contributed by atoms with Crippen molar-refractivity contribution in [3.05, 3.63) is 0 Å². The Morgan fingerprint density at radius 3 is 2.00 bits per heavy atom. The van der Waals surface area contributed by atoms with Gasteiger partial charge in [-0.15, -0.1) is 23.2 Å². The fourth-order valence-corrected chi connectivity index (χ4v) is 6.72. The average Bonchev–Trinajstić information content (AvgIpc) is 2.49. The van der Waals surface area contributed by atoms with Crippen LogP contribution >= 0.6 is 23.2 Å². The largest absolute Gasteiger partial charge is 0.131 e. The summed E-state index contributed by atoms with van der Waals surface area (Å²) >= 11 is 12.6. The molecule has 4 saturated carbocycles. The molecule has 0 aliphatic heterocycles. The van der Waals surface area contributed by atoms with Crippen LogP contribution < -0.4 is 0 Å². The molecule has 11 heavy (non-hydrogen) atoms. The molecule has 0 heterocycles. The quantitative estimate of drug-likeness (QED) is 0.513. The maximum Gasteiger partial charge on any atom is 0.131 e. The zero-order valence-corrected chi connectivity index (χ0v) is 7.80. The van der Waals surface area contributed by atoms with Crippen LogP contribution in [-0.4, -0.2) is 4.33 Å². The average molecular weight is 189 g/mol. The zero-order chi connectivity index (χ0) is 7.54. The maximum atomic E-state index is 6.28. The van der Waals surface area contributed by atoms with Crippen molar-refractivity contribution in [3.63, 3.8) is 0 Å². The molecule has 0 aromatic heterocycles. The van der Waals surface area contributed by atoms with Crippen molar-refractivity contribution in [2.45, 2.75) is 36.4 Å². The lowest BCUT2D eigenvalue weighted by Crippen LogP contribution is -2.38. The number of hydrogen-bond donors (Lipinski definition) is 0. The van der Waals surface area contributed by atoms with Gasteiger partial charge in [0.2, 0.25) is 0 Å². The van der Waals surface area contributed by atoms with E-state index < -0.39 is 0 Å². The summed E-state index contributed by atoms with van der Waals surface area (Å²) in [7, 11) is 0. The lowest BCUT2D eigenvalue weighted by atomic mass is 9.69. The van der Waals surface area contributed by atoms with E-state index in [-0.39, 0.29) is 4.33 Å². The monoisotopic (exact) mass is 188 g/mol. The molecular formula is C9H10Cl2. The van der Waals surface area contributed by atoms with Gasteiger partial charge in [-0.2, -0.15) is 0 Å². The molecule has 0 N–H and O–H groups in total. The van der Waals surface area contributed by atoms with Crippen LogP contribution in [0.1, 0.15) is 32.1 Å². The minimum Gasteiger partial charge on any atom is -0.100 e. The molecule has 4 rings (SSSR count). The van der Waals surface area contributed by atoms with Gasteiger partial charge in [0.15, 0.2) is 0 Å². The van der Waals surface area contributed by atoms with Gasteiger partial charge < -0.3 is 0 Å². The summed E-state index contributed by atoms with van der Waals surface area (Å²) in [5.74, 6) is 0. The first-order chi connectivity index (χ1) is 5.16. The van der Waals surface area contributed by atoms with Crippen LogP contribution in [0.2, 0.25) is 0 Å². The van der Waals surface area contributed by atoms with Gasteiger partial charge in [-0.1, -0.05) is 6.42 Å². The molecule has 0 bridgehead atoms. The molecular weight excluding hydrogens is 179 g/mol. The minimum atomic E-state index is -0.283. The Kier molecular flexibility index (Phi) is 0.615. The predicted octanol–water partition coefficient (Wildman–Crippen LogP) is 3.12. The van der Waals surface area contributed by atoms with Crippen molar-refractivity contribution < 1.29 is 0 Å². The second-order valence-electron chi connectivity index (χ2n) is 4.82. The predicted molar refractivity (Wildman–Crippen MR) is 44.8 cm³/mol. The molecule has 60 valence electrons. The third kappa shape index (κ3) is 0.243. The molecule has 4 aliphatic rings. The first-order valence-electron chi connectivity index (χ1n) is 4.54. The highest BCUT2D eigenvalue weighted by atomic mass is 35.5. The Labute approximate surface area is 76.2 Å². The van der Waals surface area contributed by atoms with E-state index in [1.807, 2.05) is 0 Å². The van der Waals surface area contributed by atoms with Gasteiger partial charge in [-0.3, -0.25) is 0 Å². The Hall–Kier alpha value is 0.580. The smallest absolute Gasteiger partial charge is 0.100 e. The summed E-state index contributed by atoms with van der Waals surface area (Å²) in [6.07, 6.45) is 6.87. The van der Waals surface area contributed by atoms with E-state index >= 15 is 0 Å². The topological polar surface area (TPSA) is 0 Å². The van der Waals surface area contributed by atoms with Gasteiger partial charge in [0, 0.05) is 10.8 Å². The number of alkyl halides is 2. The lowest BCUT2D eigenvalue weighted by molar-refractivity contribution is 0.138. The molecule has 2 heteroatoms. The zero-order valence-electron chi connectivity index (χ0n) is 6.29. The van der Waals surface area contributed by atoms with Crippen LogP contribution in [0.15, 0.2) is 0 Å². The Morgan fingerprint density at radius 1 is 0.818 bits per heavy atom. The molecule has 4 fully saturated rings. The van der Waals surface area contributed by atoms with Gasteiger partial charge in [-0.25, -0.2) is 0 Å². The van der Waals surface area contributed by atoms with Crippen LogP contribution in [-0.2, 0) is 0 Å². The van der Waals surface area contributed by atoms with Crippen molar-refractivity contribution >= 4 is 23.2 Å². The molecule has 0 saturated heterocycles. The Balaban J connectivity index is 1.95. The first kappa shape index (κ1) is 6.10. The molecule has 0 aromatic rings. The van der Waals surface area contributed by atoms with Crippen molar-refractivity contribution in [1.29, 1.82) is 0 Å². The molecule has 3 atom stereocenters. The molecule has 0 aromatic carbocycles. The number of hydrogen-bond acceptors (Lipinski definition) is 0. The van der Waals surface area contributed by atoms with Crippen LogP contribution in [0.3, 0.4) is 0 Å². The third-order valence-electron chi connectivity index (χ3n) is 5.39. The van der Waals surface area contributed by atoms with Crippen LogP contribution in [0.25, 0.3) is 0 Å². The number of rotatable bonds is 0. The molecule has 3 spiro atoms. The second-order valence-corrected chi connectivity index (χ2v) is 6.15. The summed E-state index contributed by atoms with van der Waals surface area (Å²) < 4.78 is -0.283. The normalized spacial score (nSPS) is 72.5. The van der Waals surface area contributed by atoms with E-state index in [0.29, 0.717) is 16.2 Å². The summed E-state index contributed by atoms with van der Waals surface area (Å²) in [5, 5.41) is 0. The van der Waals surface area contributed by atoms with Crippen molar-refractivity contribution in [2.75, 3.05) is 0 Å². The van der Waals surface area contributed by atoms with E-state index in [0.717, 1.165) is 0 Å². The van der Waals surface area contributed by atoms with Gasteiger partial charge >= 0.3 is 0 Å². The van der Waals surface area contributed by atoms with Crippen LogP contribution in [0, 0.1) is 16.2 Å². The summed E-state index contributed by atoms with van der Waals surface area (Å²) in [4.78, 5) is 0. The highest BCUT2D eigenvalue weighted by Crippen LogP contribution is 3.15. The van der Waals surface area contributed by atoms with Crippen LogP contribution in [0.5, 0.6) is 0 Å². The Morgan fingerprint density at radius 2 is 1.55 bits per heavy atom. The fraction of sp³-hybridized carbons (Fsp3) is 1.00. The van der Waals surface area contributed by atoms with Gasteiger partial charge in [0.05, 0.1) is 0 Å². The SMILES string of the molecule is ClC1(Cl)C23CCCC24CCC143. The molecule has 0 nitrogen and oxygen atoms in total. The summed E-state index contributed by atoms with van der Waals surface area (Å²) in [6.45, 7) is 0. The maximum absolute atomic E-state index is 6.28. The first-order valence-corrected chi connectivity index (χ1v) is 5.30. The molecule has 4 aliphatic carbocycles. The number of halogens is 2. The van der Waals surface area contributed by atoms with E-state index in [1.54, 1.807) is 0 Å². The van der Waals surface area contributed by atoms with Gasteiger partial charge in [0.25, 0.3) is 0 Å². The summed E-state index contributed by atoms with van der Waals surface area (Å²) in [5.41, 5.74) is 1.58. The second kappa shape index (κ2) is 1.11. The molecule has 3 unspecified atom stereocenters. The Bertz CT molecular complexity index is 285. The van der Waals surface area contributed by atoms with E-state index in [9.17, 15) is 0 Å². The summed E-state index contributed by atoms with van der Waals surface area (Å²) in [6, 6.07) is 0. The van der Waals surface area contributed by atoms with Crippen molar-refractivity contribution in [1.82, 2.24) is 0 Å². The highest BCUT2D eigenvalue weighted by Gasteiger charge is 3.15. The van der Waals surface area contributed by atoms with E-state index in [1.165, 1.54) is 32.1 Å². The molecule has 0 radical (unpaired) electrons. The third-order valence-corrected chi connectivity index (χ3v) is 6.68. The fourth-order valence-electron chi connectivity index (χ4n) is 5.07. The lowest BCUT2D eigenvalue weighted by Gasteiger charge is -2.41. The van der Waals surface area contributed by atoms with E-state index in [4.69, 9.17) is 23.2 Å². The van der Waals surface area contributed by atoms with Crippen molar-refractivity contribution in [3.8, 4) is 0 Å². The molecule has 0 amide bonds. The van der Waals surface area contributed by atoms with Crippen LogP contribution in [0.4, 0.5) is 0 Å². The highest BCUT2D eigenvalue weighted by molar-refractivity contribution is 6.54.